The van der Waals surface area contributed by atoms with Gasteiger partial charge in [0.15, 0.2) is 0 Å². The van der Waals surface area contributed by atoms with Crippen molar-refractivity contribution in [3.05, 3.63) is 95.3 Å². The van der Waals surface area contributed by atoms with Crippen molar-refractivity contribution in [3.63, 3.8) is 0 Å². The van der Waals surface area contributed by atoms with E-state index in [1.807, 2.05) is 47.5 Å². The topological polar surface area (TPSA) is 45.1 Å². The molecule has 27 heavy (non-hydrogen) atoms. The van der Waals surface area contributed by atoms with Gasteiger partial charge in [-0.3, -0.25) is 0 Å². The summed E-state index contributed by atoms with van der Waals surface area (Å²) < 4.78 is 20.0. The number of phenols is 1. The molecule has 0 saturated heterocycles. The van der Waals surface area contributed by atoms with Crippen molar-refractivity contribution in [1.29, 1.82) is 0 Å². The fraction of sp³-hybridized carbons (Fsp3) is 0.136. The lowest BCUT2D eigenvalue weighted by atomic mass is 9.95. The molecule has 4 nitrogen and oxygen atoms in total. The van der Waals surface area contributed by atoms with E-state index in [1.54, 1.807) is 18.2 Å². The van der Waals surface area contributed by atoms with E-state index in [2.05, 4.69) is 0 Å². The highest BCUT2D eigenvalue weighted by atomic mass is 19.1. The maximum Gasteiger partial charge on any atom is 0.213 e. The SMILES string of the molecule is Oc1ccccc1C1=NN2[C@H](C1)c1ccccc1O[C@@H]2c1cccc(F)c1. The van der Waals surface area contributed by atoms with Crippen molar-refractivity contribution in [2.45, 2.75) is 18.7 Å². The molecule has 0 saturated carbocycles. The van der Waals surface area contributed by atoms with Crippen LogP contribution in [0.2, 0.25) is 0 Å². The molecule has 3 aromatic carbocycles. The number of hydrogen-bond acceptors (Lipinski definition) is 4. The maximum atomic E-state index is 13.8. The first-order chi connectivity index (χ1) is 13.2. The lowest BCUT2D eigenvalue weighted by Crippen LogP contribution is -2.33. The van der Waals surface area contributed by atoms with Gasteiger partial charge in [0.05, 0.1) is 11.8 Å². The highest BCUT2D eigenvalue weighted by Crippen LogP contribution is 2.47. The Bertz CT molecular complexity index is 1050. The molecule has 0 fully saturated rings. The van der Waals surface area contributed by atoms with Gasteiger partial charge in [-0.05, 0) is 30.3 Å². The second kappa shape index (κ2) is 6.13. The summed E-state index contributed by atoms with van der Waals surface area (Å²) in [7, 11) is 0. The van der Waals surface area contributed by atoms with Crippen LogP contribution in [0.3, 0.4) is 0 Å². The number of hydrogen-bond donors (Lipinski definition) is 1. The van der Waals surface area contributed by atoms with E-state index in [9.17, 15) is 9.50 Å². The van der Waals surface area contributed by atoms with Gasteiger partial charge in [0.25, 0.3) is 0 Å². The summed E-state index contributed by atoms with van der Waals surface area (Å²) in [6, 6.07) is 21.4. The van der Waals surface area contributed by atoms with E-state index in [-0.39, 0.29) is 17.6 Å². The quantitative estimate of drug-likeness (QED) is 0.716. The van der Waals surface area contributed by atoms with Gasteiger partial charge >= 0.3 is 0 Å². The van der Waals surface area contributed by atoms with Crippen LogP contribution in [0.4, 0.5) is 4.39 Å². The van der Waals surface area contributed by atoms with Gasteiger partial charge in [0.1, 0.15) is 17.3 Å². The molecule has 2 aliphatic rings. The number of para-hydroxylation sites is 2. The van der Waals surface area contributed by atoms with E-state index in [0.29, 0.717) is 17.5 Å². The molecule has 0 bridgehead atoms. The first-order valence-electron chi connectivity index (χ1n) is 8.86. The molecule has 0 aromatic heterocycles. The molecule has 0 unspecified atom stereocenters. The summed E-state index contributed by atoms with van der Waals surface area (Å²) in [6.07, 6.45) is 0.119. The number of ether oxygens (including phenoxy) is 1. The van der Waals surface area contributed by atoms with E-state index < -0.39 is 6.23 Å². The number of hydrazone groups is 1. The summed E-state index contributed by atoms with van der Waals surface area (Å²) in [4.78, 5) is 0. The van der Waals surface area contributed by atoms with Gasteiger partial charge in [-0.1, -0.05) is 42.5 Å². The number of benzene rings is 3. The molecule has 0 radical (unpaired) electrons. The Labute approximate surface area is 156 Å². The predicted octanol–water partition coefficient (Wildman–Crippen LogP) is 4.77. The second-order valence-electron chi connectivity index (χ2n) is 6.73. The zero-order valence-corrected chi connectivity index (χ0v) is 14.4. The zero-order chi connectivity index (χ0) is 18.4. The molecule has 2 atom stereocenters. The minimum Gasteiger partial charge on any atom is -0.507 e. The highest BCUT2D eigenvalue weighted by Gasteiger charge is 2.41. The summed E-state index contributed by atoms with van der Waals surface area (Å²) >= 11 is 0. The number of fused-ring (bicyclic) bond motifs is 3. The molecule has 0 spiro atoms. The van der Waals surface area contributed by atoms with E-state index in [0.717, 1.165) is 17.0 Å². The van der Waals surface area contributed by atoms with Crippen LogP contribution in [0.5, 0.6) is 11.5 Å². The van der Waals surface area contributed by atoms with Crippen molar-refractivity contribution >= 4 is 5.71 Å². The van der Waals surface area contributed by atoms with E-state index >= 15 is 0 Å². The minimum absolute atomic E-state index is 0.0298. The summed E-state index contributed by atoms with van der Waals surface area (Å²) in [5.74, 6) is 0.671. The van der Waals surface area contributed by atoms with Crippen molar-refractivity contribution < 1.29 is 14.2 Å². The second-order valence-corrected chi connectivity index (χ2v) is 6.73. The van der Waals surface area contributed by atoms with Crippen LogP contribution >= 0.6 is 0 Å². The number of phenolic OH excluding ortho intramolecular Hbond substituents is 1. The third-order valence-corrected chi connectivity index (χ3v) is 5.05. The maximum absolute atomic E-state index is 13.8. The van der Waals surface area contributed by atoms with Gasteiger partial charge in [0.2, 0.25) is 6.23 Å². The fourth-order valence-electron chi connectivity index (χ4n) is 3.79. The lowest BCUT2D eigenvalue weighted by Gasteiger charge is -2.38. The van der Waals surface area contributed by atoms with Crippen LogP contribution < -0.4 is 4.74 Å². The standard InChI is InChI=1S/C22H17FN2O2/c23-15-7-5-6-14(12-15)22-25-19(17-9-2-4-11-21(17)27-22)13-18(24-25)16-8-1-3-10-20(16)26/h1-12,19,22,26H,13H2/t19-,22-/m1/s1. The fourth-order valence-corrected chi connectivity index (χ4v) is 3.79. The third-order valence-electron chi connectivity index (χ3n) is 5.05. The molecular weight excluding hydrogens is 343 g/mol. The predicted molar refractivity (Wildman–Crippen MR) is 100 cm³/mol. The summed E-state index contributed by atoms with van der Waals surface area (Å²) in [5.41, 5.74) is 3.25. The molecule has 5 heteroatoms. The summed E-state index contributed by atoms with van der Waals surface area (Å²) in [5, 5.41) is 16.9. The van der Waals surface area contributed by atoms with Crippen molar-refractivity contribution in [2.75, 3.05) is 0 Å². The number of rotatable bonds is 2. The molecule has 0 aliphatic carbocycles. The van der Waals surface area contributed by atoms with Crippen LogP contribution in [0.25, 0.3) is 0 Å². The third kappa shape index (κ3) is 2.63. The normalized spacial score (nSPS) is 20.5. The molecule has 0 amide bonds. The number of aromatic hydroxyl groups is 1. The highest BCUT2D eigenvalue weighted by molar-refractivity contribution is 6.04. The van der Waals surface area contributed by atoms with Crippen LogP contribution in [0.1, 0.15) is 35.4 Å². The van der Waals surface area contributed by atoms with Gasteiger partial charge in [0, 0.05) is 23.1 Å². The number of nitrogens with zero attached hydrogens (tertiary/aromatic N) is 2. The number of halogens is 1. The van der Waals surface area contributed by atoms with Crippen LogP contribution in [-0.4, -0.2) is 15.8 Å². The molecular formula is C22H17FN2O2. The largest absolute Gasteiger partial charge is 0.507 e. The summed E-state index contributed by atoms with van der Waals surface area (Å²) in [6.45, 7) is 0. The Kier molecular flexibility index (Phi) is 3.60. The Balaban J connectivity index is 1.62. The van der Waals surface area contributed by atoms with Gasteiger partial charge in [-0.25, -0.2) is 9.40 Å². The smallest absolute Gasteiger partial charge is 0.213 e. The monoisotopic (exact) mass is 360 g/mol. The van der Waals surface area contributed by atoms with Gasteiger partial charge < -0.3 is 9.84 Å². The molecule has 5 rings (SSSR count). The van der Waals surface area contributed by atoms with Gasteiger partial charge in [-0.15, -0.1) is 0 Å². The van der Waals surface area contributed by atoms with Crippen molar-refractivity contribution in [2.24, 2.45) is 5.10 Å². The van der Waals surface area contributed by atoms with Gasteiger partial charge in [-0.2, -0.15) is 5.10 Å². The average molecular weight is 360 g/mol. The molecule has 2 aliphatic heterocycles. The Hall–Kier alpha value is -3.34. The average Bonchev–Trinajstić information content (AvgIpc) is 3.13. The van der Waals surface area contributed by atoms with Crippen LogP contribution in [0.15, 0.2) is 77.9 Å². The molecule has 2 heterocycles. The molecule has 1 N–H and O–H groups in total. The van der Waals surface area contributed by atoms with Crippen LogP contribution in [-0.2, 0) is 0 Å². The van der Waals surface area contributed by atoms with Crippen molar-refractivity contribution in [3.8, 4) is 11.5 Å². The zero-order valence-electron chi connectivity index (χ0n) is 14.4. The van der Waals surface area contributed by atoms with E-state index in [4.69, 9.17) is 9.84 Å². The van der Waals surface area contributed by atoms with E-state index in [1.165, 1.54) is 12.1 Å². The Morgan fingerprint density at radius 1 is 1.00 bits per heavy atom. The Morgan fingerprint density at radius 3 is 2.67 bits per heavy atom. The lowest BCUT2D eigenvalue weighted by molar-refractivity contribution is -0.0192. The first-order valence-corrected chi connectivity index (χ1v) is 8.86. The van der Waals surface area contributed by atoms with Crippen LogP contribution in [0, 0.1) is 5.82 Å². The van der Waals surface area contributed by atoms with Crippen molar-refractivity contribution in [1.82, 2.24) is 5.01 Å². The Morgan fingerprint density at radius 2 is 1.81 bits per heavy atom. The first kappa shape index (κ1) is 15.9. The molecule has 3 aromatic rings. The minimum atomic E-state index is -0.524. The molecule has 134 valence electrons.